The first-order chi connectivity index (χ1) is 11.5. The van der Waals surface area contributed by atoms with Crippen molar-refractivity contribution in [3.8, 4) is 5.69 Å². The van der Waals surface area contributed by atoms with E-state index in [-0.39, 0.29) is 11.6 Å². The van der Waals surface area contributed by atoms with Crippen molar-refractivity contribution in [1.82, 2.24) is 9.78 Å². The second-order valence-electron chi connectivity index (χ2n) is 5.87. The Labute approximate surface area is 139 Å². The third kappa shape index (κ3) is 3.51. The molecule has 2 aromatic rings. The summed E-state index contributed by atoms with van der Waals surface area (Å²) in [6.07, 6.45) is 6.66. The van der Waals surface area contributed by atoms with E-state index in [1.54, 1.807) is 22.9 Å². The number of amides is 1. The van der Waals surface area contributed by atoms with Gasteiger partial charge >= 0.3 is 0 Å². The number of hydrogen-bond donors (Lipinski definition) is 1. The molecule has 0 saturated heterocycles. The normalized spacial score (nSPS) is 16.3. The zero-order valence-corrected chi connectivity index (χ0v) is 13.3. The Morgan fingerprint density at radius 3 is 2.79 bits per heavy atom. The third-order valence-corrected chi connectivity index (χ3v) is 3.96. The molecule has 1 aliphatic carbocycles. The number of allylic oxidation sites excluding steroid dienone is 2. The zero-order valence-electron chi connectivity index (χ0n) is 13.3. The van der Waals surface area contributed by atoms with Crippen molar-refractivity contribution >= 4 is 17.4 Å². The Hall–Kier alpha value is -2.96. The Kier molecular flexibility index (Phi) is 4.41. The van der Waals surface area contributed by atoms with E-state index in [1.165, 1.54) is 12.1 Å². The van der Waals surface area contributed by atoms with Crippen molar-refractivity contribution < 1.29 is 9.72 Å². The van der Waals surface area contributed by atoms with E-state index in [2.05, 4.69) is 22.6 Å². The third-order valence-electron chi connectivity index (χ3n) is 3.96. The predicted molar refractivity (Wildman–Crippen MR) is 90.1 cm³/mol. The van der Waals surface area contributed by atoms with E-state index in [1.807, 2.05) is 6.92 Å². The predicted octanol–water partition coefficient (Wildman–Crippen LogP) is 3.38. The zero-order chi connectivity index (χ0) is 17.1. The highest BCUT2D eigenvalue weighted by Crippen LogP contribution is 2.23. The molecule has 124 valence electrons. The first kappa shape index (κ1) is 15.9. The van der Waals surface area contributed by atoms with Crippen LogP contribution in [0.3, 0.4) is 0 Å². The van der Waals surface area contributed by atoms with Gasteiger partial charge in [0.05, 0.1) is 16.3 Å². The molecule has 7 nitrogen and oxygen atoms in total. The maximum absolute atomic E-state index is 12.2. The van der Waals surface area contributed by atoms with Gasteiger partial charge in [-0.2, -0.15) is 5.10 Å². The van der Waals surface area contributed by atoms with Crippen LogP contribution in [0.2, 0.25) is 0 Å². The number of rotatable bonds is 5. The molecule has 1 heterocycles. The summed E-state index contributed by atoms with van der Waals surface area (Å²) in [6, 6.07) is 7.84. The molecule has 0 bridgehead atoms. The number of aromatic nitrogens is 2. The van der Waals surface area contributed by atoms with Gasteiger partial charge in [0.25, 0.3) is 5.69 Å². The van der Waals surface area contributed by atoms with Crippen LogP contribution in [0.1, 0.15) is 25.0 Å². The van der Waals surface area contributed by atoms with E-state index in [0.29, 0.717) is 23.8 Å². The number of nitro benzene ring substituents is 1. The average Bonchev–Trinajstić information content (AvgIpc) is 3.17. The summed E-state index contributed by atoms with van der Waals surface area (Å²) in [7, 11) is 0. The van der Waals surface area contributed by atoms with Gasteiger partial charge in [-0.15, -0.1) is 0 Å². The highest BCUT2D eigenvalue weighted by atomic mass is 16.6. The van der Waals surface area contributed by atoms with E-state index in [9.17, 15) is 14.9 Å². The summed E-state index contributed by atoms with van der Waals surface area (Å²) >= 11 is 0. The molecular weight excluding hydrogens is 308 g/mol. The number of nitrogens with zero attached hydrogens (tertiary/aromatic N) is 3. The van der Waals surface area contributed by atoms with Crippen LogP contribution in [0.4, 0.5) is 11.5 Å². The molecule has 24 heavy (non-hydrogen) atoms. The van der Waals surface area contributed by atoms with Gasteiger partial charge in [0.15, 0.2) is 0 Å². The molecule has 0 fully saturated rings. The fourth-order valence-corrected chi connectivity index (χ4v) is 2.80. The second-order valence-corrected chi connectivity index (χ2v) is 5.87. The second kappa shape index (κ2) is 6.66. The Bertz CT molecular complexity index is 793. The first-order valence-electron chi connectivity index (χ1n) is 7.81. The van der Waals surface area contributed by atoms with Crippen LogP contribution < -0.4 is 5.32 Å². The Morgan fingerprint density at radius 2 is 2.17 bits per heavy atom. The molecule has 1 N–H and O–H groups in total. The lowest BCUT2D eigenvalue weighted by Crippen LogP contribution is -2.17. The summed E-state index contributed by atoms with van der Waals surface area (Å²) in [5, 5.41) is 18.0. The van der Waals surface area contributed by atoms with E-state index < -0.39 is 4.92 Å². The molecule has 1 atom stereocenters. The van der Waals surface area contributed by atoms with Gasteiger partial charge in [-0.1, -0.05) is 12.2 Å². The smallest absolute Gasteiger partial charge is 0.269 e. The van der Waals surface area contributed by atoms with Crippen molar-refractivity contribution in [1.29, 1.82) is 0 Å². The maximum Gasteiger partial charge on any atom is 0.269 e. The largest absolute Gasteiger partial charge is 0.311 e. The topological polar surface area (TPSA) is 90.1 Å². The van der Waals surface area contributed by atoms with Gasteiger partial charge in [0, 0.05) is 24.6 Å². The van der Waals surface area contributed by atoms with Gasteiger partial charge in [-0.25, -0.2) is 4.68 Å². The molecule has 3 rings (SSSR count). The number of benzene rings is 1. The molecule has 1 aromatic carbocycles. The van der Waals surface area contributed by atoms with Crippen molar-refractivity contribution in [2.45, 2.75) is 26.2 Å². The molecule has 0 spiro atoms. The Balaban J connectivity index is 1.78. The number of hydrogen-bond acceptors (Lipinski definition) is 4. The summed E-state index contributed by atoms with van der Waals surface area (Å²) in [4.78, 5) is 22.5. The highest BCUT2D eigenvalue weighted by molar-refractivity contribution is 5.90. The average molecular weight is 326 g/mol. The minimum atomic E-state index is -0.448. The number of nitro groups is 1. The lowest BCUT2D eigenvalue weighted by molar-refractivity contribution is -0.384. The van der Waals surface area contributed by atoms with Crippen LogP contribution >= 0.6 is 0 Å². The SMILES string of the molecule is Cc1cc(NC(=O)CC2C=CCC2)n(-c2ccc([N+](=O)[O-])cc2)n1. The summed E-state index contributed by atoms with van der Waals surface area (Å²) in [5.41, 5.74) is 1.43. The standard InChI is InChI=1S/C17H18N4O3/c1-12-10-16(18-17(22)11-13-4-2-3-5-13)20(19-12)14-6-8-15(9-7-14)21(23)24/h2,4,6-10,13H,3,5,11H2,1H3,(H,18,22). The summed E-state index contributed by atoms with van der Waals surface area (Å²) < 4.78 is 1.58. The number of aryl methyl sites for hydroxylation is 1. The monoisotopic (exact) mass is 326 g/mol. The maximum atomic E-state index is 12.2. The molecule has 0 radical (unpaired) electrons. The lowest BCUT2D eigenvalue weighted by Gasteiger charge is -2.10. The van der Waals surface area contributed by atoms with Gasteiger partial charge in [0.1, 0.15) is 5.82 Å². The molecule has 0 saturated carbocycles. The molecule has 7 heteroatoms. The van der Waals surface area contributed by atoms with Gasteiger partial charge < -0.3 is 5.32 Å². The van der Waals surface area contributed by atoms with Crippen molar-refractivity contribution in [3.05, 3.63) is 58.3 Å². The fourth-order valence-electron chi connectivity index (χ4n) is 2.80. The van der Waals surface area contributed by atoms with Crippen LogP contribution in [0.15, 0.2) is 42.5 Å². The van der Waals surface area contributed by atoms with Crippen LogP contribution in [0.25, 0.3) is 5.69 Å². The van der Waals surface area contributed by atoms with Crippen LogP contribution in [0.5, 0.6) is 0 Å². The molecule has 1 aliphatic rings. The van der Waals surface area contributed by atoms with E-state index in [4.69, 9.17) is 0 Å². The van der Waals surface area contributed by atoms with Crippen molar-refractivity contribution in [3.63, 3.8) is 0 Å². The van der Waals surface area contributed by atoms with Gasteiger partial charge in [-0.3, -0.25) is 14.9 Å². The lowest BCUT2D eigenvalue weighted by atomic mass is 10.1. The quantitative estimate of drug-likeness (QED) is 0.518. The fraction of sp³-hybridized carbons (Fsp3) is 0.294. The van der Waals surface area contributed by atoms with E-state index >= 15 is 0 Å². The van der Waals surface area contributed by atoms with E-state index in [0.717, 1.165) is 18.5 Å². The molecular formula is C17H18N4O3. The van der Waals surface area contributed by atoms with Crippen LogP contribution in [-0.2, 0) is 4.79 Å². The summed E-state index contributed by atoms with van der Waals surface area (Å²) in [5.74, 6) is 0.796. The molecule has 1 unspecified atom stereocenters. The van der Waals surface area contributed by atoms with Crippen molar-refractivity contribution in [2.75, 3.05) is 5.32 Å². The van der Waals surface area contributed by atoms with Gasteiger partial charge in [0.2, 0.25) is 5.91 Å². The molecule has 1 aromatic heterocycles. The number of non-ortho nitro benzene ring substituents is 1. The highest BCUT2D eigenvalue weighted by Gasteiger charge is 2.16. The number of anilines is 1. The number of carbonyl (C=O) groups excluding carboxylic acids is 1. The van der Waals surface area contributed by atoms with Crippen LogP contribution in [0, 0.1) is 23.0 Å². The first-order valence-corrected chi connectivity index (χ1v) is 7.81. The molecule has 1 amide bonds. The van der Waals surface area contributed by atoms with Crippen LogP contribution in [-0.4, -0.2) is 20.6 Å². The number of carbonyl (C=O) groups is 1. The van der Waals surface area contributed by atoms with Gasteiger partial charge in [-0.05, 0) is 37.8 Å². The minimum Gasteiger partial charge on any atom is -0.311 e. The Morgan fingerprint density at radius 1 is 1.42 bits per heavy atom. The van der Waals surface area contributed by atoms with Crippen molar-refractivity contribution in [2.24, 2.45) is 5.92 Å². The molecule has 0 aliphatic heterocycles. The summed E-state index contributed by atoms with van der Waals surface area (Å²) in [6.45, 7) is 1.83. The number of nitrogens with one attached hydrogen (secondary N) is 1. The minimum absolute atomic E-state index is 0.0150.